The number of nitrogens with two attached hydrogens (primary N) is 1. The number of amides is 1. The molecule has 0 bridgehead atoms. The number of hydrogen-bond donors (Lipinski definition) is 2. The molecule has 116 valence electrons. The summed E-state index contributed by atoms with van der Waals surface area (Å²) in [6.07, 6.45) is 3.23. The van der Waals surface area contributed by atoms with Crippen LogP contribution in [-0.4, -0.2) is 32.7 Å². The topological polar surface area (TPSA) is 98.7 Å². The Bertz CT molecular complexity index is 682. The summed E-state index contributed by atoms with van der Waals surface area (Å²) in [6.45, 7) is 0.495. The quantitative estimate of drug-likeness (QED) is 0.846. The van der Waals surface area contributed by atoms with Gasteiger partial charge in [0.25, 0.3) is 0 Å². The lowest BCUT2D eigenvalue weighted by atomic mass is 10.2. The van der Waals surface area contributed by atoms with E-state index in [1.165, 1.54) is 0 Å². The van der Waals surface area contributed by atoms with Crippen LogP contribution in [-0.2, 0) is 4.79 Å². The molecule has 0 atom stereocenters. The second-order valence-corrected chi connectivity index (χ2v) is 5.74. The van der Waals surface area contributed by atoms with Gasteiger partial charge in [0.05, 0.1) is 10.7 Å². The molecular weight excluding hydrogens is 304 g/mol. The molecule has 0 aliphatic heterocycles. The van der Waals surface area contributed by atoms with Crippen LogP contribution < -0.4 is 11.1 Å². The van der Waals surface area contributed by atoms with Crippen LogP contribution in [0.5, 0.6) is 0 Å². The van der Waals surface area contributed by atoms with Gasteiger partial charge in [0.2, 0.25) is 5.91 Å². The minimum Gasteiger partial charge on any atom is -0.330 e. The highest BCUT2D eigenvalue weighted by Crippen LogP contribution is 2.39. The van der Waals surface area contributed by atoms with Gasteiger partial charge in [-0.05, 0) is 54.4 Å². The number of rotatable bonds is 6. The SMILES string of the molecule is NCCCC(=O)Nc1ccc(Cl)c(-n2nnnc2C2CC2)c1. The van der Waals surface area contributed by atoms with Gasteiger partial charge in [0.1, 0.15) is 0 Å². The molecule has 22 heavy (non-hydrogen) atoms. The van der Waals surface area contributed by atoms with Gasteiger partial charge in [0, 0.05) is 18.0 Å². The molecule has 0 radical (unpaired) electrons. The number of nitrogens with one attached hydrogen (secondary N) is 1. The molecule has 1 aromatic carbocycles. The summed E-state index contributed by atoms with van der Waals surface area (Å²) >= 11 is 6.26. The van der Waals surface area contributed by atoms with Gasteiger partial charge in [-0.2, -0.15) is 4.68 Å². The van der Waals surface area contributed by atoms with Crippen molar-refractivity contribution in [2.24, 2.45) is 5.73 Å². The summed E-state index contributed by atoms with van der Waals surface area (Å²) in [5, 5.41) is 15.2. The van der Waals surface area contributed by atoms with Gasteiger partial charge >= 0.3 is 0 Å². The van der Waals surface area contributed by atoms with Crippen LogP contribution >= 0.6 is 11.6 Å². The third-order valence-corrected chi connectivity index (χ3v) is 3.82. The molecule has 1 heterocycles. The average Bonchev–Trinajstić information content (AvgIpc) is 3.24. The molecule has 1 aliphatic carbocycles. The first kappa shape index (κ1) is 14.9. The van der Waals surface area contributed by atoms with E-state index < -0.39 is 0 Å². The third-order valence-electron chi connectivity index (χ3n) is 3.50. The molecule has 1 aliphatic rings. The van der Waals surface area contributed by atoms with Crippen molar-refractivity contribution in [1.82, 2.24) is 20.2 Å². The lowest BCUT2D eigenvalue weighted by molar-refractivity contribution is -0.116. The van der Waals surface area contributed by atoms with Crippen LogP contribution in [0.4, 0.5) is 5.69 Å². The monoisotopic (exact) mass is 320 g/mol. The van der Waals surface area contributed by atoms with E-state index in [4.69, 9.17) is 17.3 Å². The maximum atomic E-state index is 11.8. The molecule has 7 nitrogen and oxygen atoms in total. The van der Waals surface area contributed by atoms with Gasteiger partial charge in [0.15, 0.2) is 5.82 Å². The van der Waals surface area contributed by atoms with Crippen molar-refractivity contribution in [1.29, 1.82) is 0 Å². The number of nitrogens with zero attached hydrogens (tertiary/aromatic N) is 4. The Morgan fingerprint density at radius 2 is 2.27 bits per heavy atom. The number of anilines is 1. The Hall–Kier alpha value is -1.99. The van der Waals surface area contributed by atoms with Crippen LogP contribution in [0.2, 0.25) is 5.02 Å². The molecular formula is C14H17ClN6O. The summed E-state index contributed by atoms with van der Waals surface area (Å²) < 4.78 is 1.65. The second-order valence-electron chi connectivity index (χ2n) is 5.33. The van der Waals surface area contributed by atoms with Gasteiger partial charge < -0.3 is 11.1 Å². The van der Waals surface area contributed by atoms with Crippen LogP contribution in [0.15, 0.2) is 18.2 Å². The van der Waals surface area contributed by atoms with Crippen molar-refractivity contribution in [3.63, 3.8) is 0 Å². The van der Waals surface area contributed by atoms with E-state index in [9.17, 15) is 4.79 Å². The fraction of sp³-hybridized carbons (Fsp3) is 0.429. The van der Waals surface area contributed by atoms with Crippen molar-refractivity contribution in [3.8, 4) is 5.69 Å². The largest absolute Gasteiger partial charge is 0.330 e. The van der Waals surface area contributed by atoms with Crippen molar-refractivity contribution < 1.29 is 4.79 Å². The molecule has 3 N–H and O–H groups in total. The number of hydrogen-bond acceptors (Lipinski definition) is 5. The van der Waals surface area contributed by atoms with Crippen molar-refractivity contribution in [2.75, 3.05) is 11.9 Å². The van der Waals surface area contributed by atoms with E-state index in [-0.39, 0.29) is 5.91 Å². The number of halogens is 1. The first-order chi connectivity index (χ1) is 10.7. The Labute approximate surface area is 132 Å². The lowest BCUT2D eigenvalue weighted by Gasteiger charge is -2.10. The molecule has 3 rings (SSSR count). The van der Waals surface area contributed by atoms with Gasteiger partial charge in [-0.25, -0.2) is 0 Å². The van der Waals surface area contributed by atoms with Crippen LogP contribution in [0.25, 0.3) is 5.69 Å². The Morgan fingerprint density at radius 3 is 3.00 bits per heavy atom. The molecule has 0 unspecified atom stereocenters. The van der Waals surface area contributed by atoms with Crippen molar-refractivity contribution in [2.45, 2.75) is 31.6 Å². The first-order valence-electron chi connectivity index (χ1n) is 7.27. The van der Waals surface area contributed by atoms with E-state index in [0.717, 1.165) is 18.7 Å². The summed E-state index contributed by atoms with van der Waals surface area (Å²) in [7, 11) is 0. The Kier molecular flexibility index (Phi) is 4.35. The number of carbonyl (C=O) groups is 1. The van der Waals surface area contributed by atoms with E-state index in [0.29, 0.717) is 41.7 Å². The minimum absolute atomic E-state index is 0.0714. The zero-order chi connectivity index (χ0) is 15.5. The zero-order valence-corrected chi connectivity index (χ0v) is 12.8. The average molecular weight is 321 g/mol. The standard InChI is InChI=1S/C14H17ClN6O/c15-11-6-5-10(17-13(22)2-1-7-16)8-12(11)21-14(9-3-4-9)18-19-20-21/h5-6,8-9H,1-4,7,16H2,(H,17,22). The van der Waals surface area contributed by atoms with E-state index in [1.807, 2.05) is 0 Å². The second kappa shape index (κ2) is 6.41. The summed E-state index contributed by atoms with van der Waals surface area (Å²) in [5.74, 6) is 1.14. The maximum Gasteiger partial charge on any atom is 0.224 e. The Morgan fingerprint density at radius 1 is 1.45 bits per heavy atom. The van der Waals surface area contributed by atoms with E-state index in [1.54, 1.807) is 22.9 Å². The number of tetrazole rings is 1. The van der Waals surface area contributed by atoms with E-state index in [2.05, 4.69) is 20.8 Å². The molecule has 1 saturated carbocycles. The Balaban J connectivity index is 1.83. The summed E-state index contributed by atoms with van der Waals surface area (Å²) in [6, 6.07) is 5.27. The number of benzene rings is 1. The highest BCUT2D eigenvalue weighted by Gasteiger charge is 2.30. The molecule has 0 spiro atoms. The summed E-state index contributed by atoms with van der Waals surface area (Å²) in [4.78, 5) is 11.8. The smallest absolute Gasteiger partial charge is 0.224 e. The first-order valence-corrected chi connectivity index (χ1v) is 7.65. The number of aromatic nitrogens is 4. The fourth-order valence-electron chi connectivity index (χ4n) is 2.20. The highest BCUT2D eigenvalue weighted by molar-refractivity contribution is 6.32. The molecule has 0 saturated heterocycles. The fourth-order valence-corrected chi connectivity index (χ4v) is 2.40. The number of carbonyl (C=O) groups excluding carboxylic acids is 1. The zero-order valence-electron chi connectivity index (χ0n) is 12.0. The third kappa shape index (κ3) is 3.26. The van der Waals surface area contributed by atoms with Gasteiger partial charge in [-0.15, -0.1) is 5.10 Å². The molecule has 1 amide bonds. The van der Waals surface area contributed by atoms with Crippen LogP contribution in [0.1, 0.15) is 37.4 Å². The van der Waals surface area contributed by atoms with Crippen molar-refractivity contribution in [3.05, 3.63) is 29.0 Å². The maximum absolute atomic E-state index is 11.8. The lowest BCUT2D eigenvalue weighted by Crippen LogP contribution is -2.14. The van der Waals surface area contributed by atoms with Gasteiger partial charge in [-0.3, -0.25) is 4.79 Å². The van der Waals surface area contributed by atoms with E-state index >= 15 is 0 Å². The molecule has 2 aromatic rings. The summed E-state index contributed by atoms with van der Waals surface area (Å²) in [5.41, 5.74) is 6.74. The van der Waals surface area contributed by atoms with Crippen LogP contribution in [0, 0.1) is 0 Å². The minimum atomic E-state index is -0.0714. The molecule has 1 aromatic heterocycles. The normalized spacial score (nSPS) is 14.1. The molecule has 8 heteroatoms. The highest BCUT2D eigenvalue weighted by atomic mass is 35.5. The van der Waals surface area contributed by atoms with Crippen LogP contribution in [0.3, 0.4) is 0 Å². The molecule has 1 fully saturated rings. The predicted octanol–water partition coefficient (Wildman–Crippen LogP) is 1.87. The van der Waals surface area contributed by atoms with Crippen molar-refractivity contribution >= 4 is 23.2 Å². The predicted molar refractivity (Wildman–Crippen MR) is 83.1 cm³/mol. The van der Waals surface area contributed by atoms with Gasteiger partial charge in [-0.1, -0.05) is 11.6 Å².